The summed E-state index contributed by atoms with van der Waals surface area (Å²) in [6, 6.07) is 0. The van der Waals surface area contributed by atoms with Crippen LogP contribution in [0.2, 0.25) is 0 Å². The lowest BCUT2D eigenvalue weighted by atomic mass is 10.3. The van der Waals surface area contributed by atoms with E-state index >= 15 is 0 Å². The van der Waals surface area contributed by atoms with Crippen molar-refractivity contribution < 1.29 is 5.11 Å². The lowest BCUT2D eigenvalue weighted by molar-refractivity contribution is 0.175. The molecule has 1 unspecified atom stereocenters. The Hall–Kier alpha value is -0.900. The maximum Gasteiger partial charge on any atom is 0.155 e. The van der Waals surface area contributed by atoms with E-state index < -0.39 is 0 Å². The van der Waals surface area contributed by atoms with Gasteiger partial charge in [0.2, 0.25) is 0 Å². The number of aromatic nitrogens is 3. The molecule has 1 aliphatic heterocycles. The Morgan fingerprint density at radius 2 is 2.67 bits per heavy atom. The quantitative estimate of drug-likeness (QED) is 0.518. The molecule has 1 aromatic heterocycles. The fourth-order valence-electron chi connectivity index (χ4n) is 1.08. The Labute approximate surface area is 52.1 Å². The first-order chi connectivity index (χ1) is 4.38. The Morgan fingerprint density at radius 1 is 1.78 bits per heavy atom. The summed E-state index contributed by atoms with van der Waals surface area (Å²) in [5.74, 6) is 0.704. The van der Waals surface area contributed by atoms with E-state index in [1.807, 2.05) is 0 Å². The summed E-state index contributed by atoms with van der Waals surface area (Å²) < 4.78 is 1.73. The smallest absolute Gasteiger partial charge is 0.155 e. The van der Waals surface area contributed by atoms with Crippen molar-refractivity contribution in [3.05, 3.63) is 12.2 Å². The molecule has 0 spiro atoms. The lowest BCUT2D eigenvalue weighted by Crippen LogP contribution is -1.94. The molecule has 0 aliphatic carbocycles. The minimum Gasteiger partial charge on any atom is -0.385 e. The van der Waals surface area contributed by atoms with Crippen molar-refractivity contribution in [2.75, 3.05) is 0 Å². The van der Waals surface area contributed by atoms with E-state index in [1.165, 1.54) is 6.33 Å². The van der Waals surface area contributed by atoms with Crippen LogP contribution in [0.3, 0.4) is 0 Å². The molecule has 9 heavy (non-hydrogen) atoms. The zero-order chi connectivity index (χ0) is 6.27. The number of aliphatic hydroxyl groups excluding tert-OH is 1. The molecule has 0 fully saturated rings. The van der Waals surface area contributed by atoms with Crippen LogP contribution in [-0.2, 0) is 6.54 Å². The summed E-state index contributed by atoms with van der Waals surface area (Å²) in [6.45, 7) is 0.802. The van der Waals surface area contributed by atoms with E-state index in [9.17, 15) is 0 Å². The summed E-state index contributed by atoms with van der Waals surface area (Å²) >= 11 is 0. The van der Waals surface area contributed by atoms with Crippen LogP contribution in [0.25, 0.3) is 0 Å². The number of hydrogen-bond acceptors (Lipinski definition) is 3. The molecule has 1 atom stereocenters. The van der Waals surface area contributed by atoms with Crippen LogP contribution in [0.5, 0.6) is 0 Å². The van der Waals surface area contributed by atoms with Crippen molar-refractivity contribution >= 4 is 0 Å². The highest BCUT2D eigenvalue weighted by atomic mass is 16.3. The Morgan fingerprint density at radius 3 is 3.44 bits per heavy atom. The summed E-state index contributed by atoms with van der Waals surface area (Å²) in [6.07, 6.45) is 1.85. The zero-order valence-electron chi connectivity index (χ0n) is 4.86. The number of fused-ring (bicyclic) bond motifs is 1. The third kappa shape index (κ3) is 0.564. The third-order valence-electron chi connectivity index (χ3n) is 1.56. The minimum absolute atomic E-state index is 0.382. The monoisotopic (exact) mass is 125 g/mol. The molecule has 0 saturated carbocycles. The topological polar surface area (TPSA) is 50.9 Å². The van der Waals surface area contributed by atoms with Crippen molar-refractivity contribution in [1.29, 1.82) is 0 Å². The highest BCUT2D eigenvalue weighted by Gasteiger charge is 2.21. The molecule has 0 radical (unpaired) electrons. The number of nitrogens with zero attached hydrogens (tertiary/aromatic N) is 3. The van der Waals surface area contributed by atoms with Crippen LogP contribution < -0.4 is 0 Å². The Balaban J connectivity index is 2.49. The van der Waals surface area contributed by atoms with Gasteiger partial charge in [-0.15, -0.1) is 0 Å². The van der Waals surface area contributed by atoms with Gasteiger partial charge in [0.25, 0.3) is 0 Å². The molecule has 0 saturated heterocycles. The second kappa shape index (κ2) is 1.54. The van der Waals surface area contributed by atoms with Gasteiger partial charge in [0.15, 0.2) is 5.82 Å². The van der Waals surface area contributed by atoms with Crippen molar-refractivity contribution in [3.8, 4) is 0 Å². The van der Waals surface area contributed by atoms with Crippen molar-refractivity contribution in [1.82, 2.24) is 14.8 Å². The van der Waals surface area contributed by atoms with Crippen molar-refractivity contribution in [2.45, 2.75) is 19.1 Å². The number of hydrogen-bond donors (Lipinski definition) is 1. The van der Waals surface area contributed by atoms with Gasteiger partial charge < -0.3 is 5.11 Å². The van der Waals surface area contributed by atoms with E-state index in [0.29, 0.717) is 5.82 Å². The molecule has 4 heteroatoms. The number of rotatable bonds is 0. The molecule has 0 aromatic carbocycles. The lowest BCUT2D eigenvalue weighted by Gasteiger charge is -1.92. The van der Waals surface area contributed by atoms with Gasteiger partial charge in [-0.2, -0.15) is 5.10 Å². The van der Waals surface area contributed by atoms with Crippen molar-refractivity contribution in [2.24, 2.45) is 0 Å². The third-order valence-corrected chi connectivity index (χ3v) is 1.56. The SMILES string of the molecule is OC1CCn2ncnc21. The zero-order valence-corrected chi connectivity index (χ0v) is 4.86. The highest BCUT2D eigenvalue weighted by Crippen LogP contribution is 2.20. The predicted octanol–water partition coefficient (Wildman–Crippen LogP) is -0.285. The Bertz CT molecular complexity index is 220. The van der Waals surface area contributed by atoms with E-state index in [-0.39, 0.29) is 6.10 Å². The van der Waals surface area contributed by atoms with Gasteiger partial charge in [-0.3, -0.25) is 0 Å². The molecule has 0 bridgehead atoms. The summed E-state index contributed by atoms with van der Waals surface area (Å²) in [5, 5.41) is 13.0. The van der Waals surface area contributed by atoms with E-state index in [0.717, 1.165) is 13.0 Å². The van der Waals surface area contributed by atoms with Gasteiger partial charge in [0, 0.05) is 13.0 Å². The standard InChI is InChI=1S/C5H7N3O/c9-4-1-2-8-5(4)6-3-7-8/h3-4,9H,1-2H2. The molecular formula is C5H7N3O. The molecule has 0 amide bonds. The fourth-order valence-corrected chi connectivity index (χ4v) is 1.08. The van der Waals surface area contributed by atoms with E-state index in [2.05, 4.69) is 10.1 Å². The molecule has 1 N–H and O–H groups in total. The molecular weight excluding hydrogens is 118 g/mol. The number of aryl methyl sites for hydroxylation is 1. The largest absolute Gasteiger partial charge is 0.385 e. The molecule has 1 aromatic rings. The molecule has 1 aliphatic rings. The second-order valence-corrected chi connectivity index (χ2v) is 2.15. The van der Waals surface area contributed by atoms with Crippen LogP contribution in [0, 0.1) is 0 Å². The minimum atomic E-state index is -0.382. The van der Waals surface area contributed by atoms with Gasteiger partial charge in [-0.1, -0.05) is 0 Å². The van der Waals surface area contributed by atoms with Crippen LogP contribution >= 0.6 is 0 Å². The normalized spacial score (nSPS) is 24.3. The first-order valence-corrected chi connectivity index (χ1v) is 2.93. The van der Waals surface area contributed by atoms with Gasteiger partial charge in [-0.25, -0.2) is 9.67 Å². The van der Waals surface area contributed by atoms with Crippen LogP contribution in [0.1, 0.15) is 18.3 Å². The first kappa shape index (κ1) is 4.93. The highest BCUT2D eigenvalue weighted by molar-refractivity contribution is 4.94. The summed E-state index contributed by atoms with van der Waals surface area (Å²) in [7, 11) is 0. The van der Waals surface area contributed by atoms with Gasteiger partial charge in [0.05, 0.1) is 0 Å². The summed E-state index contributed by atoms with van der Waals surface area (Å²) in [5.41, 5.74) is 0. The average Bonchev–Trinajstić information content (AvgIpc) is 2.35. The van der Waals surface area contributed by atoms with Gasteiger partial charge in [-0.05, 0) is 0 Å². The van der Waals surface area contributed by atoms with Gasteiger partial charge >= 0.3 is 0 Å². The average molecular weight is 125 g/mol. The number of aliphatic hydroxyl groups is 1. The van der Waals surface area contributed by atoms with Crippen LogP contribution in [0.4, 0.5) is 0 Å². The van der Waals surface area contributed by atoms with E-state index in [1.54, 1.807) is 4.68 Å². The van der Waals surface area contributed by atoms with E-state index in [4.69, 9.17) is 5.11 Å². The van der Waals surface area contributed by atoms with Crippen molar-refractivity contribution in [3.63, 3.8) is 0 Å². The molecule has 4 nitrogen and oxygen atoms in total. The molecule has 2 heterocycles. The van der Waals surface area contributed by atoms with Gasteiger partial charge in [0.1, 0.15) is 12.4 Å². The first-order valence-electron chi connectivity index (χ1n) is 2.93. The predicted molar refractivity (Wildman–Crippen MR) is 29.6 cm³/mol. The fraction of sp³-hybridized carbons (Fsp3) is 0.600. The second-order valence-electron chi connectivity index (χ2n) is 2.15. The summed E-state index contributed by atoms with van der Waals surface area (Å²) in [4.78, 5) is 3.88. The molecule has 2 rings (SSSR count). The maximum absolute atomic E-state index is 9.15. The van der Waals surface area contributed by atoms with Crippen LogP contribution in [-0.4, -0.2) is 19.9 Å². The maximum atomic E-state index is 9.15. The Kier molecular flexibility index (Phi) is 0.843. The molecule has 48 valence electrons. The van der Waals surface area contributed by atoms with Crippen LogP contribution in [0.15, 0.2) is 6.33 Å².